The molecule has 0 unspecified atom stereocenters. The van der Waals surface area contributed by atoms with Crippen LogP contribution >= 0.6 is 23.2 Å². The number of halogens is 2. The molecular weight excluding hydrogens is 453 g/mol. The number of ether oxygens (including phenoxy) is 2. The highest BCUT2D eigenvalue weighted by Gasteiger charge is 2.33. The quantitative estimate of drug-likeness (QED) is 0.394. The van der Waals surface area contributed by atoms with E-state index in [1.807, 2.05) is 38.1 Å². The fraction of sp³-hybridized carbons (Fsp3) is 0.391. The summed E-state index contributed by atoms with van der Waals surface area (Å²) >= 11 is 10.9. The predicted octanol–water partition coefficient (Wildman–Crippen LogP) is 5.84. The first-order valence-electron chi connectivity index (χ1n) is 10.2. The monoisotopic (exact) mass is 477 g/mol. The minimum absolute atomic E-state index is 0.0253. The van der Waals surface area contributed by atoms with Crippen molar-refractivity contribution in [3.63, 3.8) is 0 Å². The first kappa shape index (κ1) is 24.0. The van der Waals surface area contributed by atoms with Gasteiger partial charge in [-0.15, -0.1) is 11.6 Å². The lowest BCUT2D eigenvalue weighted by Gasteiger charge is -2.33. The molecule has 7 nitrogen and oxygen atoms in total. The van der Waals surface area contributed by atoms with E-state index in [0.29, 0.717) is 28.2 Å². The normalized spacial score (nSPS) is 17.2. The van der Waals surface area contributed by atoms with Gasteiger partial charge in [-0.2, -0.15) is 4.98 Å². The van der Waals surface area contributed by atoms with Gasteiger partial charge < -0.3 is 14.0 Å². The molecule has 4 rings (SSSR count). The van der Waals surface area contributed by atoms with Crippen molar-refractivity contribution in [1.29, 1.82) is 0 Å². The van der Waals surface area contributed by atoms with Crippen LogP contribution in [0.3, 0.4) is 0 Å². The van der Waals surface area contributed by atoms with Crippen molar-refractivity contribution in [2.24, 2.45) is 5.92 Å². The average Bonchev–Trinajstić information content (AvgIpc) is 3.23. The van der Waals surface area contributed by atoms with E-state index < -0.39 is 0 Å². The second-order valence-electron chi connectivity index (χ2n) is 7.64. The number of ketones is 1. The Morgan fingerprint density at radius 1 is 1.16 bits per heavy atom. The molecule has 1 aliphatic rings. The zero-order chi connectivity index (χ0) is 23.3. The summed E-state index contributed by atoms with van der Waals surface area (Å²) in [5.74, 6) is 2.27. The van der Waals surface area contributed by atoms with Gasteiger partial charge >= 0.3 is 0 Å². The lowest BCUT2D eigenvalue weighted by molar-refractivity contribution is -0.126. The molecule has 0 N–H and O–H groups in total. The van der Waals surface area contributed by atoms with E-state index >= 15 is 0 Å². The van der Waals surface area contributed by atoms with Gasteiger partial charge in [-0.3, -0.25) is 4.79 Å². The van der Waals surface area contributed by atoms with Gasteiger partial charge in [0, 0.05) is 24.1 Å². The number of pyridine rings is 1. The Kier molecular flexibility index (Phi) is 8.10. The number of alkyl halides is 1. The molecular formula is C23H25Cl2N3O4. The molecule has 1 fully saturated rings. The Labute approximate surface area is 197 Å². The minimum atomic E-state index is -0.0253. The van der Waals surface area contributed by atoms with E-state index in [1.54, 1.807) is 19.2 Å². The van der Waals surface area contributed by atoms with Crippen molar-refractivity contribution < 1.29 is 18.8 Å². The Hall–Kier alpha value is -2.64. The molecule has 32 heavy (non-hydrogen) atoms. The Balaban J connectivity index is 0.00000141. The summed E-state index contributed by atoms with van der Waals surface area (Å²) in [6, 6.07) is 9.16. The Bertz CT molecular complexity index is 1050. The highest BCUT2D eigenvalue weighted by molar-refractivity contribution is 6.32. The maximum absolute atomic E-state index is 11.3. The summed E-state index contributed by atoms with van der Waals surface area (Å²) in [7, 11) is 0. The molecule has 0 radical (unpaired) electrons. The number of Topliss-reactive ketones (excluding diaryl/α,β-unsaturated/α-hetero) is 1. The largest absolute Gasteiger partial charge is 0.490 e. The third-order valence-corrected chi connectivity index (χ3v) is 5.18. The zero-order valence-electron chi connectivity index (χ0n) is 18.3. The molecule has 2 aromatic heterocycles. The third-order valence-electron chi connectivity index (χ3n) is 4.91. The number of carbonyl (C=O) groups is 1. The van der Waals surface area contributed by atoms with Crippen LogP contribution in [0.5, 0.6) is 11.6 Å². The van der Waals surface area contributed by atoms with Crippen LogP contribution in [0.25, 0.3) is 22.8 Å². The van der Waals surface area contributed by atoms with Gasteiger partial charge in [0.05, 0.1) is 11.7 Å². The van der Waals surface area contributed by atoms with Crippen LogP contribution < -0.4 is 9.47 Å². The maximum atomic E-state index is 11.3. The van der Waals surface area contributed by atoms with Crippen LogP contribution in [0.1, 0.15) is 33.6 Å². The lowest BCUT2D eigenvalue weighted by Crippen LogP contribution is -2.37. The first-order valence-corrected chi connectivity index (χ1v) is 11.3. The molecule has 9 heteroatoms. The fourth-order valence-electron chi connectivity index (χ4n) is 3.18. The van der Waals surface area contributed by atoms with Gasteiger partial charge in [-0.1, -0.05) is 16.8 Å². The molecule has 1 saturated carbocycles. The molecule has 1 aromatic carbocycles. The van der Waals surface area contributed by atoms with Crippen molar-refractivity contribution in [3.8, 4) is 34.5 Å². The number of carbonyl (C=O) groups excluding carboxylic acids is 1. The molecule has 0 bridgehead atoms. The van der Waals surface area contributed by atoms with Crippen LogP contribution in [0.15, 0.2) is 41.1 Å². The number of nitrogens with zero attached hydrogens (tertiary/aromatic N) is 3. The van der Waals surface area contributed by atoms with Crippen molar-refractivity contribution in [1.82, 2.24) is 15.1 Å². The smallest absolute Gasteiger partial charge is 0.259 e. The summed E-state index contributed by atoms with van der Waals surface area (Å²) < 4.78 is 16.8. The van der Waals surface area contributed by atoms with Gasteiger partial charge in [0.25, 0.3) is 5.89 Å². The maximum Gasteiger partial charge on any atom is 0.259 e. The lowest BCUT2D eigenvalue weighted by atomic mass is 9.80. The van der Waals surface area contributed by atoms with Crippen LogP contribution in [0.2, 0.25) is 5.02 Å². The topological polar surface area (TPSA) is 87.3 Å². The molecule has 3 aromatic rings. The molecule has 0 amide bonds. The third kappa shape index (κ3) is 5.78. The van der Waals surface area contributed by atoms with E-state index in [1.165, 1.54) is 6.38 Å². The van der Waals surface area contributed by atoms with Gasteiger partial charge in [0.2, 0.25) is 11.7 Å². The number of benzene rings is 1. The van der Waals surface area contributed by atoms with E-state index in [-0.39, 0.29) is 23.9 Å². The molecule has 1 aliphatic carbocycles. The summed E-state index contributed by atoms with van der Waals surface area (Å²) in [6.45, 7) is 5.44. The number of rotatable bonds is 7. The van der Waals surface area contributed by atoms with Crippen molar-refractivity contribution in [2.45, 2.75) is 45.8 Å². The van der Waals surface area contributed by atoms with Crippen LogP contribution in [0, 0.1) is 5.92 Å². The number of hydrogen-bond donors (Lipinski definition) is 0. The number of hydrogen-bond acceptors (Lipinski definition) is 7. The molecule has 0 aliphatic heterocycles. The molecule has 170 valence electrons. The molecule has 2 heterocycles. The highest BCUT2D eigenvalue weighted by atomic mass is 35.5. The van der Waals surface area contributed by atoms with Crippen LogP contribution in [-0.4, -0.2) is 39.5 Å². The highest BCUT2D eigenvalue weighted by Crippen LogP contribution is 2.33. The number of aromatic nitrogens is 3. The second kappa shape index (κ2) is 10.8. The Morgan fingerprint density at radius 3 is 2.44 bits per heavy atom. The van der Waals surface area contributed by atoms with Crippen LogP contribution in [0.4, 0.5) is 0 Å². The van der Waals surface area contributed by atoms with E-state index in [2.05, 4.69) is 26.7 Å². The summed E-state index contributed by atoms with van der Waals surface area (Å²) in [4.78, 5) is 20.0. The van der Waals surface area contributed by atoms with Crippen molar-refractivity contribution >= 4 is 29.0 Å². The van der Waals surface area contributed by atoms with Gasteiger partial charge in [-0.25, -0.2) is 4.98 Å². The molecule has 0 spiro atoms. The minimum Gasteiger partial charge on any atom is -0.490 e. The van der Waals surface area contributed by atoms with Gasteiger partial charge in [-0.05, 0) is 63.9 Å². The van der Waals surface area contributed by atoms with Gasteiger partial charge in [0.15, 0.2) is 0 Å². The second-order valence-corrected chi connectivity index (χ2v) is 8.05. The van der Waals surface area contributed by atoms with Crippen molar-refractivity contribution in [3.05, 3.63) is 41.6 Å². The first-order chi connectivity index (χ1) is 15.4. The molecule has 0 saturated heterocycles. The van der Waals surface area contributed by atoms with E-state index in [0.717, 1.165) is 24.2 Å². The van der Waals surface area contributed by atoms with Crippen molar-refractivity contribution in [2.75, 3.05) is 6.38 Å². The fourth-order valence-corrected chi connectivity index (χ4v) is 3.39. The Morgan fingerprint density at radius 2 is 1.84 bits per heavy atom. The van der Waals surface area contributed by atoms with E-state index in [4.69, 9.17) is 25.6 Å². The standard InChI is InChI=1S/C22H22ClN3O4.CH3Cl/c1-12(2)28-22-19(23)10-16(11-24-22)21-25-20(26-30-21)14-4-6-17(7-5-14)29-18-8-15(9-18)13(3)27;1-2/h4-7,10-12,15,18H,8-9H2,1-3H3;1H3. The van der Waals surface area contributed by atoms with Gasteiger partial charge in [0.1, 0.15) is 22.7 Å². The zero-order valence-corrected chi connectivity index (χ0v) is 19.9. The average molecular weight is 478 g/mol. The predicted molar refractivity (Wildman–Crippen MR) is 123 cm³/mol. The summed E-state index contributed by atoms with van der Waals surface area (Å²) in [6.07, 6.45) is 4.69. The SMILES string of the molecule is CC(=O)C1CC(Oc2ccc(-c3noc(-c4cnc(OC(C)C)c(Cl)c4)n3)cc2)C1.CCl. The van der Waals surface area contributed by atoms with Crippen LogP contribution in [-0.2, 0) is 4.79 Å². The molecule has 0 atom stereocenters. The summed E-state index contributed by atoms with van der Waals surface area (Å²) in [5.41, 5.74) is 1.41. The van der Waals surface area contributed by atoms with E-state index in [9.17, 15) is 4.79 Å². The summed E-state index contributed by atoms with van der Waals surface area (Å²) in [5, 5.41) is 4.42.